The van der Waals surface area contributed by atoms with Crippen LogP contribution in [0.1, 0.15) is 18.1 Å². The number of benzene rings is 2. The lowest BCUT2D eigenvalue weighted by Gasteiger charge is -2.14. The van der Waals surface area contributed by atoms with Crippen molar-refractivity contribution in [2.24, 2.45) is 0 Å². The number of amides is 1. The lowest BCUT2D eigenvalue weighted by atomic mass is 10.1. The Kier molecular flexibility index (Phi) is 5.77. The summed E-state index contributed by atoms with van der Waals surface area (Å²) in [5.74, 6) is -0.869. The van der Waals surface area contributed by atoms with E-state index in [2.05, 4.69) is 5.32 Å². The fourth-order valence-electron chi connectivity index (χ4n) is 1.96. The standard InChI is InChI=1S/C18H18ClNO3/c1-12-7-9-14(10-8-12)11-17(21)23-13(2)18(22)20-16-6-4-3-5-15(16)19/h3-10,13H,11H2,1-2H3,(H,20,22)/t13-/m1/s1. The number of halogens is 1. The lowest BCUT2D eigenvalue weighted by molar-refractivity contribution is -0.152. The summed E-state index contributed by atoms with van der Waals surface area (Å²) in [6.45, 7) is 3.50. The van der Waals surface area contributed by atoms with Crippen LogP contribution in [0.4, 0.5) is 5.69 Å². The minimum atomic E-state index is -0.899. The van der Waals surface area contributed by atoms with Crippen LogP contribution in [-0.4, -0.2) is 18.0 Å². The van der Waals surface area contributed by atoms with Crippen molar-refractivity contribution < 1.29 is 14.3 Å². The molecule has 1 N–H and O–H groups in total. The third-order valence-electron chi connectivity index (χ3n) is 3.28. The van der Waals surface area contributed by atoms with Crippen LogP contribution < -0.4 is 5.32 Å². The van der Waals surface area contributed by atoms with Crippen molar-refractivity contribution in [3.63, 3.8) is 0 Å². The highest BCUT2D eigenvalue weighted by Crippen LogP contribution is 2.20. The lowest BCUT2D eigenvalue weighted by Crippen LogP contribution is -2.30. The molecule has 2 rings (SSSR count). The smallest absolute Gasteiger partial charge is 0.311 e. The Morgan fingerprint density at radius 3 is 2.43 bits per heavy atom. The van der Waals surface area contributed by atoms with E-state index in [9.17, 15) is 9.59 Å². The van der Waals surface area contributed by atoms with Crippen molar-refractivity contribution in [3.8, 4) is 0 Å². The number of carbonyl (C=O) groups excluding carboxylic acids is 2. The summed E-state index contributed by atoms with van der Waals surface area (Å²) < 4.78 is 5.16. The van der Waals surface area contributed by atoms with Gasteiger partial charge in [-0.25, -0.2) is 0 Å². The molecule has 23 heavy (non-hydrogen) atoms. The zero-order valence-corrected chi connectivity index (χ0v) is 13.8. The van der Waals surface area contributed by atoms with Gasteiger partial charge in [-0.1, -0.05) is 53.6 Å². The van der Waals surface area contributed by atoms with Gasteiger partial charge in [-0.05, 0) is 31.5 Å². The summed E-state index contributed by atoms with van der Waals surface area (Å²) in [7, 11) is 0. The molecule has 0 heterocycles. The first-order chi connectivity index (χ1) is 11.0. The van der Waals surface area contributed by atoms with Crippen LogP contribution in [0.2, 0.25) is 5.02 Å². The van der Waals surface area contributed by atoms with Crippen molar-refractivity contribution in [2.45, 2.75) is 26.4 Å². The highest BCUT2D eigenvalue weighted by Gasteiger charge is 2.18. The topological polar surface area (TPSA) is 55.4 Å². The fraction of sp³-hybridized carbons (Fsp3) is 0.222. The number of nitrogens with one attached hydrogen (secondary N) is 1. The van der Waals surface area contributed by atoms with Gasteiger partial charge >= 0.3 is 5.97 Å². The summed E-state index contributed by atoms with van der Waals surface area (Å²) in [6.07, 6.45) is -0.770. The number of esters is 1. The molecule has 0 bridgehead atoms. The average Bonchev–Trinajstić information content (AvgIpc) is 2.51. The van der Waals surface area contributed by atoms with Crippen molar-refractivity contribution in [3.05, 3.63) is 64.7 Å². The molecule has 0 unspecified atom stereocenters. The number of hydrogen-bond acceptors (Lipinski definition) is 3. The van der Waals surface area contributed by atoms with Crippen LogP contribution in [0, 0.1) is 6.92 Å². The molecule has 120 valence electrons. The van der Waals surface area contributed by atoms with E-state index in [1.807, 2.05) is 31.2 Å². The molecule has 2 aromatic carbocycles. The van der Waals surface area contributed by atoms with Crippen LogP contribution in [0.15, 0.2) is 48.5 Å². The second kappa shape index (κ2) is 7.79. The molecule has 0 spiro atoms. The van der Waals surface area contributed by atoms with Crippen molar-refractivity contribution in [1.82, 2.24) is 0 Å². The van der Waals surface area contributed by atoms with Crippen LogP contribution in [0.5, 0.6) is 0 Å². The zero-order chi connectivity index (χ0) is 16.8. The summed E-state index contributed by atoms with van der Waals surface area (Å²) in [5, 5.41) is 3.07. The predicted octanol–water partition coefficient (Wildman–Crippen LogP) is 3.76. The number of aryl methyl sites for hydroxylation is 1. The van der Waals surface area contributed by atoms with Crippen LogP contribution in [0.3, 0.4) is 0 Å². The fourth-order valence-corrected chi connectivity index (χ4v) is 2.14. The van der Waals surface area contributed by atoms with Crippen LogP contribution >= 0.6 is 11.6 Å². The quantitative estimate of drug-likeness (QED) is 0.849. The largest absolute Gasteiger partial charge is 0.452 e. The first-order valence-corrected chi connectivity index (χ1v) is 7.64. The van der Waals surface area contributed by atoms with E-state index in [1.54, 1.807) is 24.3 Å². The summed E-state index contributed by atoms with van der Waals surface area (Å²) in [5.41, 5.74) is 2.45. The molecular weight excluding hydrogens is 314 g/mol. The molecule has 1 atom stereocenters. The van der Waals surface area contributed by atoms with E-state index >= 15 is 0 Å². The van der Waals surface area contributed by atoms with Gasteiger partial charge in [0.15, 0.2) is 6.10 Å². The van der Waals surface area contributed by atoms with E-state index in [0.717, 1.165) is 11.1 Å². The predicted molar refractivity (Wildman–Crippen MR) is 90.5 cm³/mol. The second-order valence-electron chi connectivity index (χ2n) is 5.26. The SMILES string of the molecule is Cc1ccc(CC(=O)O[C@H](C)C(=O)Nc2ccccc2Cl)cc1. The van der Waals surface area contributed by atoms with Gasteiger partial charge in [0.05, 0.1) is 17.1 Å². The maximum Gasteiger partial charge on any atom is 0.311 e. The molecule has 0 radical (unpaired) electrons. The average molecular weight is 332 g/mol. The Morgan fingerprint density at radius 2 is 1.78 bits per heavy atom. The molecule has 0 aromatic heterocycles. The van der Waals surface area contributed by atoms with E-state index in [-0.39, 0.29) is 6.42 Å². The molecule has 5 heteroatoms. The Morgan fingerprint density at radius 1 is 1.13 bits per heavy atom. The van der Waals surface area contributed by atoms with E-state index in [0.29, 0.717) is 10.7 Å². The molecule has 0 saturated carbocycles. The first kappa shape index (κ1) is 17.0. The van der Waals surface area contributed by atoms with Gasteiger partial charge in [0, 0.05) is 0 Å². The third-order valence-corrected chi connectivity index (χ3v) is 3.61. The summed E-state index contributed by atoms with van der Waals surface area (Å²) in [6, 6.07) is 14.5. The minimum absolute atomic E-state index is 0.129. The number of hydrogen-bond donors (Lipinski definition) is 1. The maximum atomic E-state index is 12.1. The van der Waals surface area contributed by atoms with Gasteiger partial charge in [-0.15, -0.1) is 0 Å². The monoisotopic (exact) mass is 331 g/mol. The van der Waals surface area contributed by atoms with Gasteiger partial charge in [0.25, 0.3) is 5.91 Å². The number of anilines is 1. The van der Waals surface area contributed by atoms with Gasteiger partial charge < -0.3 is 10.1 Å². The highest BCUT2D eigenvalue weighted by atomic mass is 35.5. The third kappa shape index (κ3) is 5.11. The van der Waals surface area contributed by atoms with Gasteiger partial charge in [0.1, 0.15) is 0 Å². The summed E-state index contributed by atoms with van der Waals surface area (Å²) in [4.78, 5) is 24.0. The van der Waals surface area contributed by atoms with Crippen molar-refractivity contribution in [2.75, 3.05) is 5.32 Å². The molecule has 0 fully saturated rings. The molecule has 1 amide bonds. The highest BCUT2D eigenvalue weighted by molar-refractivity contribution is 6.33. The normalized spacial score (nSPS) is 11.6. The van der Waals surface area contributed by atoms with Crippen LogP contribution in [-0.2, 0) is 20.7 Å². The van der Waals surface area contributed by atoms with Crippen molar-refractivity contribution in [1.29, 1.82) is 0 Å². The molecular formula is C18H18ClNO3. The minimum Gasteiger partial charge on any atom is -0.452 e. The molecule has 4 nitrogen and oxygen atoms in total. The molecule has 0 aliphatic rings. The Balaban J connectivity index is 1.89. The Hall–Kier alpha value is -2.33. The van der Waals surface area contributed by atoms with Gasteiger partial charge in [0.2, 0.25) is 0 Å². The number of rotatable bonds is 5. The van der Waals surface area contributed by atoms with Crippen molar-refractivity contribution >= 4 is 29.2 Å². The number of carbonyl (C=O) groups is 2. The van der Waals surface area contributed by atoms with E-state index < -0.39 is 18.0 Å². The Bertz CT molecular complexity index is 698. The van der Waals surface area contributed by atoms with E-state index in [1.165, 1.54) is 6.92 Å². The molecule has 0 aliphatic heterocycles. The number of ether oxygens (including phenoxy) is 1. The zero-order valence-electron chi connectivity index (χ0n) is 13.0. The molecule has 2 aromatic rings. The maximum absolute atomic E-state index is 12.1. The van der Waals surface area contributed by atoms with E-state index in [4.69, 9.17) is 16.3 Å². The second-order valence-corrected chi connectivity index (χ2v) is 5.67. The molecule has 0 aliphatic carbocycles. The van der Waals surface area contributed by atoms with Gasteiger partial charge in [-0.2, -0.15) is 0 Å². The molecule has 0 saturated heterocycles. The number of para-hydroxylation sites is 1. The Labute approximate surface area is 140 Å². The van der Waals surface area contributed by atoms with Gasteiger partial charge in [-0.3, -0.25) is 9.59 Å². The first-order valence-electron chi connectivity index (χ1n) is 7.26. The summed E-state index contributed by atoms with van der Waals surface area (Å²) >= 11 is 5.98. The van der Waals surface area contributed by atoms with Crippen LogP contribution in [0.25, 0.3) is 0 Å².